The molecule has 0 atom stereocenters. The van der Waals surface area contributed by atoms with Gasteiger partial charge in [-0.1, -0.05) is 18.2 Å². The molecule has 31 heavy (non-hydrogen) atoms. The second-order valence-electron chi connectivity index (χ2n) is 7.75. The van der Waals surface area contributed by atoms with Gasteiger partial charge < -0.3 is 9.80 Å². The van der Waals surface area contributed by atoms with E-state index in [1.165, 1.54) is 24.3 Å². The summed E-state index contributed by atoms with van der Waals surface area (Å²) in [7, 11) is 0. The number of amides is 1. The minimum Gasteiger partial charge on any atom is -0.353 e. The molecule has 2 heterocycles. The van der Waals surface area contributed by atoms with Crippen LogP contribution in [0.3, 0.4) is 0 Å². The summed E-state index contributed by atoms with van der Waals surface area (Å²) in [5.74, 6) is 0.641. The fourth-order valence-electron chi connectivity index (χ4n) is 3.96. The highest BCUT2D eigenvalue weighted by molar-refractivity contribution is 5.94. The quantitative estimate of drug-likeness (QED) is 0.639. The number of nitrogens with zero attached hydrogens (tertiary/aromatic N) is 4. The average molecular weight is 422 g/mol. The van der Waals surface area contributed by atoms with Gasteiger partial charge in [-0.15, -0.1) is 0 Å². The Balaban J connectivity index is 1.53. The van der Waals surface area contributed by atoms with Gasteiger partial charge in [0.1, 0.15) is 23.3 Å². The van der Waals surface area contributed by atoms with Gasteiger partial charge in [-0.25, -0.2) is 18.7 Å². The molecule has 0 unspecified atom stereocenters. The Morgan fingerprint density at radius 2 is 1.61 bits per heavy atom. The molecule has 0 aliphatic carbocycles. The number of benzene rings is 2. The van der Waals surface area contributed by atoms with Crippen molar-refractivity contribution in [2.24, 2.45) is 0 Å². The molecule has 1 aromatic heterocycles. The summed E-state index contributed by atoms with van der Waals surface area (Å²) in [5.41, 5.74) is 3.04. The smallest absolute Gasteiger partial charge is 0.254 e. The van der Waals surface area contributed by atoms with Crippen molar-refractivity contribution in [3.05, 3.63) is 88.4 Å². The van der Waals surface area contributed by atoms with E-state index in [0.717, 1.165) is 22.6 Å². The molecule has 0 saturated carbocycles. The van der Waals surface area contributed by atoms with Gasteiger partial charge in [-0.05, 0) is 49.7 Å². The second kappa shape index (κ2) is 8.79. The Morgan fingerprint density at radius 3 is 2.29 bits per heavy atom. The molecule has 5 nitrogen and oxygen atoms in total. The van der Waals surface area contributed by atoms with Gasteiger partial charge in [0, 0.05) is 49.4 Å². The lowest BCUT2D eigenvalue weighted by atomic mass is 10.0. The number of carbonyl (C=O) groups is 1. The molecular formula is C24H24F2N4O. The standard InChI is InChI=1S/C24H24F2N4O/c1-16-22(14-18-5-3-7-20(25)13-18)23(28-17(2)27-16)29-9-11-30(12-10-29)24(31)19-6-4-8-21(26)15-19/h3-8,13,15H,9-12,14H2,1-2H3. The third kappa shape index (κ3) is 4.71. The minimum atomic E-state index is -0.418. The van der Waals surface area contributed by atoms with Crippen molar-refractivity contribution in [2.75, 3.05) is 31.1 Å². The van der Waals surface area contributed by atoms with Crippen molar-refractivity contribution in [3.8, 4) is 0 Å². The van der Waals surface area contributed by atoms with Crippen LogP contribution in [0.4, 0.5) is 14.6 Å². The molecule has 7 heteroatoms. The SMILES string of the molecule is Cc1nc(C)c(Cc2cccc(F)c2)c(N2CCN(C(=O)c3cccc(F)c3)CC2)n1. The van der Waals surface area contributed by atoms with E-state index < -0.39 is 5.82 Å². The van der Waals surface area contributed by atoms with Crippen LogP contribution in [-0.2, 0) is 6.42 Å². The van der Waals surface area contributed by atoms with Gasteiger partial charge in [0.05, 0.1) is 0 Å². The first-order valence-electron chi connectivity index (χ1n) is 10.3. The third-order valence-electron chi connectivity index (χ3n) is 5.51. The third-order valence-corrected chi connectivity index (χ3v) is 5.51. The molecule has 1 aliphatic heterocycles. The average Bonchev–Trinajstić information content (AvgIpc) is 2.75. The highest BCUT2D eigenvalue weighted by atomic mass is 19.1. The maximum atomic E-state index is 13.7. The summed E-state index contributed by atoms with van der Waals surface area (Å²) < 4.78 is 27.2. The minimum absolute atomic E-state index is 0.172. The molecule has 1 fully saturated rings. The zero-order valence-corrected chi connectivity index (χ0v) is 17.6. The van der Waals surface area contributed by atoms with Crippen molar-refractivity contribution in [1.29, 1.82) is 0 Å². The van der Waals surface area contributed by atoms with Crippen LogP contribution in [0.2, 0.25) is 0 Å². The number of aryl methyl sites for hydroxylation is 2. The molecule has 3 aromatic rings. The summed E-state index contributed by atoms with van der Waals surface area (Å²) in [6, 6.07) is 12.3. The normalized spacial score (nSPS) is 14.1. The van der Waals surface area contributed by atoms with Crippen molar-refractivity contribution in [2.45, 2.75) is 20.3 Å². The fourth-order valence-corrected chi connectivity index (χ4v) is 3.96. The molecule has 0 N–H and O–H groups in total. The number of piperazine rings is 1. The van der Waals surface area contributed by atoms with Crippen molar-refractivity contribution in [1.82, 2.24) is 14.9 Å². The van der Waals surface area contributed by atoms with E-state index in [1.807, 2.05) is 19.9 Å². The Bertz CT molecular complexity index is 1110. The maximum Gasteiger partial charge on any atom is 0.254 e. The largest absolute Gasteiger partial charge is 0.353 e. The molecular weight excluding hydrogens is 398 g/mol. The molecule has 1 saturated heterocycles. The van der Waals surface area contributed by atoms with Gasteiger partial charge in [0.2, 0.25) is 0 Å². The van der Waals surface area contributed by atoms with Crippen LogP contribution in [0.25, 0.3) is 0 Å². The number of rotatable bonds is 4. The lowest BCUT2D eigenvalue weighted by Gasteiger charge is -2.36. The topological polar surface area (TPSA) is 49.3 Å². The van der Waals surface area contributed by atoms with Crippen LogP contribution in [0.1, 0.15) is 33.0 Å². The Kier molecular flexibility index (Phi) is 5.93. The number of hydrogen-bond acceptors (Lipinski definition) is 4. The first kappa shape index (κ1) is 20.9. The van der Waals surface area contributed by atoms with E-state index in [1.54, 1.807) is 23.1 Å². The van der Waals surface area contributed by atoms with Gasteiger partial charge in [-0.3, -0.25) is 4.79 Å². The highest BCUT2D eigenvalue weighted by Gasteiger charge is 2.25. The lowest BCUT2D eigenvalue weighted by Crippen LogP contribution is -2.49. The fraction of sp³-hybridized carbons (Fsp3) is 0.292. The van der Waals surface area contributed by atoms with Crippen molar-refractivity contribution >= 4 is 11.7 Å². The van der Waals surface area contributed by atoms with Gasteiger partial charge in [-0.2, -0.15) is 0 Å². The first-order valence-corrected chi connectivity index (χ1v) is 10.3. The van der Waals surface area contributed by atoms with Crippen LogP contribution in [0.15, 0.2) is 48.5 Å². The number of aromatic nitrogens is 2. The van der Waals surface area contributed by atoms with E-state index in [9.17, 15) is 13.6 Å². The van der Waals surface area contributed by atoms with E-state index in [2.05, 4.69) is 14.9 Å². The predicted octanol–water partition coefficient (Wildman–Crippen LogP) is 3.92. The predicted molar refractivity (Wildman–Crippen MR) is 115 cm³/mol. The van der Waals surface area contributed by atoms with Crippen molar-refractivity contribution < 1.29 is 13.6 Å². The number of halogens is 2. The number of hydrogen-bond donors (Lipinski definition) is 0. The first-order chi connectivity index (χ1) is 14.9. The highest BCUT2D eigenvalue weighted by Crippen LogP contribution is 2.25. The van der Waals surface area contributed by atoms with E-state index in [0.29, 0.717) is 44.0 Å². The molecule has 0 radical (unpaired) electrons. The molecule has 1 aliphatic rings. The summed E-state index contributed by atoms with van der Waals surface area (Å²) in [5, 5.41) is 0. The van der Waals surface area contributed by atoms with E-state index in [4.69, 9.17) is 0 Å². The van der Waals surface area contributed by atoms with Crippen molar-refractivity contribution in [3.63, 3.8) is 0 Å². The second-order valence-corrected chi connectivity index (χ2v) is 7.75. The Labute approximate surface area is 180 Å². The molecule has 0 spiro atoms. The van der Waals surface area contributed by atoms with Crippen LogP contribution in [0.5, 0.6) is 0 Å². The van der Waals surface area contributed by atoms with Crippen LogP contribution < -0.4 is 4.90 Å². The molecule has 4 rings (SSSR count). The maximum absolute atomic E-state index is 13.7. The molecule has 0 bridgehead atoms. The van der Waals surface area contributed by atoms with Crippen LogP contribution in [0, 0.1) is 25.5 Å². The summed E-state index contributed by atoms with van der Waals surface area (Å²) >= 11 is 0. The van der Waals surface area contributed by atoms with E-state index >= 15 is 0 Å². The monoisotopic (exact) mass is 422 g/mol. The summed E-state index contributed by atoms with van der Waals surface area (Å²) in [6.07, 6.45) is 0.529. The zero-order valence-electron chi connectivity index (χ0n) is 17.6. The zero-order chi connectivity index (χ0) is 22.0. The number of anilines is 1. The van der Waals surface area contributed by atoms with Gasteiger partial charge >= 0.3 is 0 Å². The Morgan fingerprint density at radius 1 is 0.935 bits per heavy atom. The number of carbonyl (C=O) groups excluding carboxylic acids is 1. The summed E-state index contributed by atoms with van der Waals surface area (Å²) in [4.78, 5) is 25.8. The Hall–Kier alpha value is -3.35. The van der Waals surface area contributed by atoms with Gasteiger partial charge in [0.15, 0.2) is 0 Å². The molecule has 160 valence electrons. The van der Waals surface area contributed by atoms with E-state index in [-0.39, 0.29) is 11.7 Å². The van der Waals surface area contributed by atoms with Gasteiger partial charge in [0.25, 0.3) is 5.91 Å². The van der Waals surface area contributed by atoms with Crippen LogP contribution in [-0.4, -0.2) is 47.0 Å². The van der Waals surface area contributed by atoms with Crippen LogP contribution >= 0.6 is 0 Å². The summed E-state index contributed by atoms with van der Waals surface area (Å²) in [6.45, 7) is 6.02. The lowest BCUT2D eigenvalue weighted by molar-refractivity contribution is 0.0746. The molecule has 1 amide bonds. The molecule has 2 aromatic carbocycles.